The number of rotatable bonds is 3. The first-order chi connectivity index (χ1) is 9.38. The molecule has 0 amide bonds. The number of benzene rings is 1. The highest BCUT2D eigenvalue weighted by Gasteiger charge is 2.23. The van der Waals surface area contributed by atoms with E-state index in [2.05, 4.69) is 56.7 Å². The zero-order chi connectivity index (χ0) is 14.9. The highest BCUT2D eigenvalue weighted by Crippen LogP contribution is 2.23. The van der Waals surface area contributed by atoms with E-state index in [-0.39, 0.29) is 6.04 Å². The van der Waals surface area contributed by atoms with Crippen LogP contribution in [0.15, 0.2) is 12.1 Å². The molecular weight excluding hydrogens is 246 g/mol. The van der Waals surface area contributed by atoms with Crippen LogP contribution in [-0.4, -0.2) is 49.1 Å². The average molecular weight is 275 g/mol. The molecule has 1 saturated heterocycles. The Bertz CT molecular complexity index is 446. The van der Waals surface area contributed by atoms with E-state index in [1.54, 1.807) is 0 Å². The van der Waals surface area contributed by atoms with Gasteiger partial charge in [-0.15, -0.1) is 0 Å². The highest BCUT2D eigenvalue weighted by molar-refractivity contribution is 5.39. The lowest BCUT2D eigenvalue weighted by molar-refractivity contribution is 0.100. The molecule has 2 rings (SSSR count). The molecule has 1 aromatic rings. The van der Waals surface area contributed by atoms with Crippen LogP contribution < -0.4 is 5.73 Å². The van der Waals surface area contributed by atoms with Gasteiger partial charge in [0, 0.05) is 38.3 Å². The van der Waals surface area contributed by atoms with Gasteiger partial charge < -0.3 is 10.6 Å². The molecule has 2 atom stereocenters. The fraction of sp³-hybridized carbons (Fsp3) is 0.647. The summed E-state index contributed by atoms with van der Waals surface area (Å²) in [6.07, 6.45) is 0. The van der Waals surface area contributed by atoms with Gasteiger partial charge in [-0.1, -0.05) is 17.7 Å². The summed E-state index contributed by atoms with van der Waals surface area (Å²) in [6.45, 7) is 13.1. The molecule has 1 aliphatic rings. The number of hydrogen-bond donors (Lipinski definition) is 1. The maximum Gasteiger partial charge on any atom is 0.0429 e. The fourth-order valence-corrected chi connectivity index (χ4v) is 3.44. The SMILES string of the molecule is Cc1cc(C)c(C(N)CN2CCN(C)C(C)C2)c(C)c1. The van der Waals surface area contributed by atoms with Gasteiger partial charge in [0.1, 0.15) is 0 Å². The summed E-state index contributed by atoms with van der Waals surface area (Å²) in [5.74, 6) is 0. The monoisotopic (exact) mass is 275 g/mol. The van der Waals surface area contributed by atoms with E-state index in [1.165, 1.54) is 22.3 Å². The predicted molar refractivity (Wildman–Crippen MR) is 86.1 cm³/mol. The molecule has 0 saturated carbocycles. The smallest absolute Gasteiger partial charge is 0.0429 e. The molecule has 112 valence electrons. The molecule has 1 aromatic carbocycles. The van der Waals surface area contributed by atoms with Crippen molar-refractivity contribution in [2.45, 2.75) is 39.8 Å². The van der Waals surface area contributed by atoms with Crippen LogP contribution in [0.25, 0.3) is 0 Å². The molecule has 0 bridgehead atoms. The third-order valence-electron chi connectivity index (χ3n) is 4.61. The second-order valence-electron chi connectivity index (χ2n) is 6.51. The number of nitrogens with two attached hydrogens (primary N) is 1. The van der Waals surface area contributed by atoms with Crippen LogP contribution in [-0.2, 0) is 0 Å². The summed E-state index contributed by atoms with van der Waals surface area (Å²) in [7, 11) is 2.20. The van der Waals surface area contributed by atoms with E-state index in [9.17, 15) is 0 Å². The van der Waals surface area contributed by atoms with E-state index in [1.807, 2.05) is 0 Å². The molecule has 0 aliphatic carbocycles. The summed E-state index contributed by atoms with van der Waals surface area (Å²) in [4.78, 5) is 4.93. The van der Waals surface area contributed by atoms with Crippen molar-refractivity contribution >= 4 is 0 Å². The Morgan fingerprint density at radius 2 is 1.80 bits per heavy atom. The summed E-state index contributed by atoms with van der Waals surface area (Å²) in [5.41, 5.74) is 11.8. The number of hydrogen-bond acceptors (Lipinski definition) is 3. The minimum absolute atomic E-state index is 0.117. The van der Waals surface area contributed by atoms with Crippen LogP contribution in [0.2, 0.25) is 0 Å². The van der Waals surface area contributed by atoms with Crippen LogP contribution >= 0.6 is 0 Å². The van der Waals surface area contributed by atoms with Gasteiger partial charge in [-0.25, -0.2) is 0 Å². The lowest BCUT2D eigenvalue weighted by Gasteiger charge is -2.39. The fourth-order valence-electron chi connectivity index (χ4n) is 3.44. The Hall–Kier alpha value is -0.900. The van der Waals surface area contributed by atoms with E-state index in [0.29, 0.717) is 6.04 Å². The quantitative estimate of drug-likeness (QED) is 0.918. The number of nitrogens with zero attached hydrogens (tertiary/aromatic N) is 2. The van der Waals surface area contributed by atoms with E-state index in [4.69, 9.17) is 5.73 Å². The van der Waals surface area contributed by atoms with Crippen LogP contribution in [0.4, 0.5) is 0 Å². The zero-order valence-corrected chi connectivity index (χ0v) is 13.6. The standard InChI is InChI=1S/C17H29N3/c1-12-8-13(2)17(14(3)9-12)16(18)11-20-7-6-19(5)15(4)10-20/h8-9,15-16H,6-7,10-11,18H2,1-5H3. The second kappa shape index (κ2) is 6.25. The molecule has 20 heavy (non-hydrogen) atoms. The third-order valence-corrected chi connectivity index (χ3v) is 4.61. The molecule has 1 aliphatic heterocycles. The molecule has 0 spiro atoms. The number of piperazine rings is 1. The van der Waals surface area contributed by atoms with Crippen molar-refractivity contribution in [3.63, 3.8) is 0 Å². The van der Waals surface area contributed by atoms with Gasteiger partial charge in [0.15, 0.2) is 0 Å². The minimum Gasteiger partial charge on any atom is -0.323 e. The Balaban J connectivity index is 2.07. The van der Waals surface area contributed by atoms with E-state index >= 15 is 0 Å². The molecule has 3 heteroatoms. The van der Waals surface area contributed by atoms with Gasteiger partial charge in [-0.3, -0.25) is 4.90 Å². The molecule has 2 unspecified atom stereocenters. The predicted octanol–water partition coefficient (Wildman–Crippen LogP) is 2.25. The average Bonchev–Trinajstić information content (AvgIpc) is 2.32. The Morgan fingerprint density at radius 3 is 2.35 bits per heavy atom. The van der Waals surface area contributed by atoms with Crippen LogP contribution in [0.3, 0.4) is 0 Å². The minimum atomic E-state index is 0.117. The van der Waals surface area contributed by atoms with Gasteiger partial charge in [-0.2, -0.15) is 0 Å². The molecule has 1 heterocycles. The van der Waals surface area contributed by atoms with Crippen molar-refractivity contribution < 1.29 is 0 Å². The van der Waals surface area contributed by atoms with E-state index < -0.39 is 0 Å². The zero-order valence-electron chi connectivity index (χ0n) is 13.6. The number of likely N-dealkylation sites (N-methyl/N-ethyl adjacent to an activating group) is 1. The van der Waals surface area contributed by atoms with Gasteiger partial charge in [0.25, 0.3) is 0 Å². The topological polar surface area (TPSA) is 32.5 Å². The maximum atomic E-state index is 6.50. The summed E-state index contributed by atoms with van der Waals surface area (Å²) in [5, 5.41) is 0. The van der Waals surface area contributed by atoms with Gasteiger partial charge >= 0.3 is 0 Å². The second-order valence-corrected chi connectivity index (χ2v) is 6.51. The number of aryl methyl sites for hydroxylation is 3. The third kappa shape index (κ3) is 3.40. The van der Waals surface area contributed by atoms with Crippen LogP contribution in [0.1, 0.15) is 35.2 Å². The molecular formula is C17H29N3. The van der Waals surface area contributed by atoms with Crippen molar-refractivity contribution in [1.82, 2.24) is 9.80 Å². The largest absolute Gasteiger partial charge is 0.323 e. The first-order valence-corrected chi connectivity index (χ1v) is 7.64. The summed E-state index contributed by atoms with van der Waals surface area (Å²) >= 11 is 0. The van der Waals surface area contributed by atoms with Gasteiger partial charge in [0.2, 0.25) is 0 Å². The van der Waals surface area contributed by atoms with Crippen LogP contribution in [0, 0.1) is 20.8 Å². The van der Waals surface area contributed by atoms with Crippen molar-refractivity contribution in [2.75, 3.05) is 33.2 Å². The molecule has 0 aromatic heterocycles. The lowest BCUT2D eigenvalue weighted by Crippen LogP contribution is -2.51. The lowest BCUT2D eigenvalue weighted by atomic mass is 9.94. The molecule has 2 N–H and O–H groups in total. The Kier molecular flexibility index (Phi) is 4.84. The Morgan fingerprint density at radius 1 is 1.20 bits per heavy atom. The van der Waals surface area contributed by atoms with Crippen molar-refractivity contribution in [1.29, 1.82) is 0 Å². The van der Waals surface area contributed by atoms with E-state index in [0.717, 1.165) is 26.2 Å². The van der Waals surface area contributed by atoms with Gasteiger partial charge in [0.05, 0.1) is 0 Å². The normalized spacial score (nSPS) is 23.0. The van der Waals surface area contributed by atoms with Gasteiger partial charge in [-0.05, 0) is 51.4 Å². The molecule has 3 nitrogen and oxygen atoms in total. The van der Waals surface area contributed by atoms with Crippen molar-refractivity contribution in [3.8, 4) is 0 Å². The summed E-state index contributed by atoms with van der Waals surface area (Å²) < 4.78 is 0. The van der Waals surface area contributed by atoms with Crippen molar-refractivity contribution in [3.05, 3.63) is 34.4 Å². The maximum absolute atomic E-state index is 6.50. The molecule has 0 radical (unpaired) electrons. The molecule has 1 fully saturated rings. The Labute approximate surface area is 123 Å². The first-order valence-electron chi connectivity index (χ1n) is 7.64. The first kappa shape index (κ1) is 15.5. The van der Waals surface area contributed by atoms with Crippen LogP contribution in [0.5, 0.6) is 0 Å². The van der Waals surface area contributed by atoms with Crippen molar-refractivity contribution in [2.24, 2.45) is 5.73 Å². The summed E-state index contributed by atoms with van der Waals surface area (Å²) in [6, 6.07) is 5.23. The highest BCUT2D eigenvalue weighted by atomic mass is 15.3.